The summed E-state index contributed by atoms with van der Waals surface area (Å²) in [6.45, 7) is 21.5. The number of aromatic amines is 1. The molecular weight excluding hydrogens is 510 g/mol. The third-order valence-corrected chi connectivity index (χ3v) is 18.7. The second kappa shape index (κ2) is 10.1. The van der Waals surface area contributed by atoms with Crippen molar-refractivity contribution in [3.8, 4) is 0 Å². The number of nitrogens with one attached hydrogen (secondary N) is 2. The summed E-state index contributed by atoms with van der Waals surface area (Å²) >= 11 is 0. The van der Waals surface area contributed by atoms with E-state index >= 15 is 0 Å². The fourth-order valence-corrected chi connectivity index (χ4v) is 17.6. The Balaban J connectivity index is 1.93. The predicted molar refractivity (Wildman–Crippen MR) is 145 cm³/mol. The lowest BCUT2D eigenvalue weighted by molar-refractivity contribution is -0.192. The van der Waals surface area contributed by atoms with E-state index in [2.05, 4.69) is 72.8 Å². The number of hydrogen-bond acceptors (Lipinski definition) is 8. The van der Waals surface area contributed by atoms with Crippen LogP contribution in [-0.4, -0.2) is 57.1 Å². The van der Waals surface area contributed by atoms with Crippen molar-refractivity contribution in [2.24, 2.45) is 0 Å². The zero-order valence-electron chi connectivity index (χ0n) is 23.9. The van der Waals surface area contributed by atoms with Gasteiger partial charge in [-0.1, -0.05) is 62.3 Å². The van der Waals surface area contributed by atoms with Crippen LogP contribution in [-0.2, 0) is 22.5 Å². The van der Waals surface area contributed by atoms with Gasteiger partial charge in [0.05, 0.1) is 12.6 Å². The average Bonchev–Trinajstić information content (AvgIpc) is 2.98. The molecule has 1 aromatic rings. The SMILES string of the molecule is CCC1NOC2C3O[Si](C(C)C)(C(C)C)O[Si](C(C)C)(C(C)C)OC[C@]13O[C@H]2n1cc(C)c(=O)[nH]c1=O. The van der Waals surface area contributed by atoms with Gasteiger partial charge in [0.25, 0.3) is 5.56 Å². The Labute approximate surface area is 221 Å². The minimum atomic E-state index is -2.94. The number of aromatic nitrogens is 2. The summed E-state index contributed by atoms with van der Waals surface area (Å²) < 4.78 is 30.0. The van der Waals surface area contributed by atoms with E-state index < -0.39 is 52.4 Å². The maximum Gasteiger partial charge on any atom is 0.335 e. The highest BCUT2D eigenvalue weighted by molar-refractivity contribution is 6.84. The molecule has 4 heterocycles. The molecule has 3 saturated heterocycles. The molecule has 0 aromatic carbocycles. The van der Waals surface area contributed by atoms with E-state index in [0.717, 1.165) is 0 Å². The van der Waals surface area contributed by atoms with Gasteiger partial charge in [-0.15, -0.1) is 0 Å². The summed E-state index contributed by atoms with van der Waals surface area (Å²) in [6, 6.07) is -0.228. The first-order valence-electron chi connectivity index (χ1n) is 13.7. The summed E-state index contributed by atoms with van der Waals surface area (Å²) in [5, 5.41) is 0. The van der Waals surface area contributed by atoms with Crippen LogP contribution in [0.5, 0.6) is 0 Å². The number of H-pyrrole nitrogens is 1. The zero-order chi connectivity index (χ0) is 27.5. The van der Waals surface area contributed by atoms with E-state index in [1.807, 2.05) is 0 Å². The fraction of sp³-hybridized carbons (Fsp3) is 0.840. The summed E-state index contributed by atoms with van der Waals surface area (Å²) in [4.78, 5) is 33.7. The van der Waals surface area contributed by atoms with Gasteiger partial charge in [-0.3, -0.25) is 19.2 Å². The van der Waals surface area contributed by atoms with E-state index in [-0.39, 0.29) is 34.8 Å². The minimum Gasteiger partial charge on any atom is -0.414 e. The van der Waals surface area contributed by atoms with Crippen LogP contribution in [0, 0.1) is 6.92 Å². The largest absolute Gasteiger partial charge is 0.414 e. The lowest BCUT2D eigenvalue weighted by atomic mass is 9.86. The molecule has 4 rings (SSSR count). The predicted octanol–water partition coefficient (Wildman–Crippen LogP) is 3.75. The van der Waals surface area contributed by atoms with Crippen LogP contribution in [0.2, 0.25) is 22.2 Å². The Morgan fingerprint density at radius 3 is 2.16 bits per heavy atom. The van der Waals surface area contributed by atoms with Crippen LogP contribution in [0.25, 0.3) is 0 Å². The monoisotopic (exact) mass is 555 g/mol. The van der Waals surface area contributed by atoms with Crippen molar-refractivity contribution in [2.75, 3.05) is 6.61 Å². The molecule has 3 fully saturated rings. The Morgan fingerprint density at radius 1 is 1.03 bits per heavy atom. The average molecular weight is 556 g/mol. The van der Waals surface area contributed by atoms with E-state index in [0.29, 0.717) is 12.0 Å². The molecule has 37 heavy (non-hydrogen) atoms. The summed E-state index contributed by atoms with van der Waals surface area (Å²) in [6.07, 6.45) is 0.271. The highest BCUT2D eigenvalue weighted by Crippen LogP contribution is 2.53. The molecule has 10 nitrogen and oxygen atoms in total. The molecule has 2 N–H and O–H groups in total. The normalized spacial score (nSPS) is 33.1. The zero-order valence-corrected chi connectivity index (χ0v) is 25.9. The van der Waals surface area contributed by atoms with Gasteiger partial charge >= 0.3 is 22.8 Å². The van der Waals surface area contributed by atoms with Gasteiger partial charge in [0.1, 0.15) is 11.7 Å². The van der Waals surface area contributed by atoms with Crippen molar-refractivity contribution in [2.45, 2.75) is 128 Å². The highest BCUT2D eigenvalue weighted by Gasteiger charge is 2.70. The number of aryl methyl sites for hydroxylation is 1. The number of hydrogen-bond donors (Lipinski definition) is 2. The molecule has 1 aromatic heterocycles. The maximum absolute atomic E-state index is 13.0. The highest BCUT2D eigenvalue weighted by atomic mass is 28.5. The number of hydroxylamine groups is 1. The second-order valence-electron chi connectivity index (χ2n) is 12.1. The van der Waals surface area contributed by atoms with Gasteiger partial charge in [0, 0.05) is 11.8 Å². The van der Waals surface area contributed by atoms with Crippen LogP contribution in [0.1, 0.15) is 80.5 Å². The van der Waals surface area contributed by atoms with Crippen LogP contribution < -0.4 is 16.7 Å². The number of ether oxygens (including phenoxy) is 1. The molecule has 3 aliphatic rings. The van der Waals surface area contributed by atoms with Crippen molar-refractivity contribution < 1.29 is 22.5 Å². The quantitative estimate of drug-likeness (QED) is 0.511. The van der Waals surface area contributed by atoms with E-state index in [4.69, 9.17) is 22.5 Å². The summed E-state index contributed by atoms with van der Waals surface area (Å²) in [5.41, 5.74) is 2.42. The first kappa shape index (κ1) is 28.9. The standard InChI is InChI=1S/C25H45N3O7Si2/c1-11-19-25-13-31-36(14(2)3,15(4)5)35-37(16(6)7,17(8)9)34-21(25)20(33-27-19)23(32-25)28-12-18(10)22(29)26-24(28)30/h12,14-17,19-21,23,27H,11,13H2,1-10H3,(H,26,29,30)/t19?,20?,21?,23-,25+/m1/s1. The van der Waals surface area contributed by atoms with Crippen molar-refractivity contribution in [3.05, 3.63) is 32.6 Å². The third kappa shape index (κ3) is 4.37. The Kier molecular flexibility index (Phi) is 7.90. The molecule has 0 amide bonds. The molecule has 0 spiro atoms. The number of nitrogens with zero attached hydrogens (tertiary/aromatic N) is 1. The topological polar surface area (TPSA) is 113 Å². The first-order chi connectivity index (χ1) is 17.3. The molecular formula is C25H45N3O7Si2. The van der Waals surface area contributed by atoms with Crippen molar-refractivity contribution in [3.63, 3.8) is 0 Å². The lowest BCUT2D eigenvalue weighted by Gasteiger charge is -2.56. The Morgan fingerprint density at radius 2 is 1.62 bits per heavy atom. The molecule has 0 saturated carbocycles. The van der Waals surface area contributed by atoms with Crippen LogP contribution in [0.4, 0.5) is 0 Å². The van der Waals surface area contributed by atoms with E-state index in [1.54, 1.807) is 6.92 Å². The molecule has 210 valence electrons. The van der Waals surface area contributed by atoms with Gasteiger partial charge in [-0.05, 0) is 35.5 Å². The van der Waals surface area contributed by atoms with Crippen molar-refractivity contribution >= 4 is 17.1 Å². The van der Waals surface area contributed by atoms with Crippen LogP contribution in [0.15, 0.2) is 15.8 Å². The van der Waals surface area contributed by atoms with Gasteiger partial charge in [0.2, 0.25) is 0 Å². The van der Waals surface area contributed by atoms with E-state index in [9.17, 15) is 9.59 Å². The Bertz CT molecular complexity index is 1090. The third-order valence-electron chi connectivity index (χ3n) is 8.54. The van der Waals surface area contributed by atoms with Gasteiger partial charge in [-0.25, -0.2) is 4.79 Å². The molecule has 3 unspecified atom stereocenters. The van der Waals surface area contributed by atoms with Crippen molar-refractivity contribution in [1.82, 2.24) is 15.0 Å². The van der Waals surface area contributed by atoms with E-state index in [1.165, 1.54) is 10.8 Å². The Hall–Kier alpha value is -1.13. The van der Waals surface area contributed by atoms with Gasteiger partial charge < -0.3 is 17.7 Å². The molecule has 12 heteroatoms. The lowest BCUT2D eigenvalue weighted by Crippen LogP contribution is -2.73. The molecule has 2 bridgehead atoms. The molecule has 0 aliphatic carbocycles. The van der Waals surface area contributed by atoms with Crippen LogP contribution in [0.3, 0.4) is 0 Å². The van der Waals surface area contributed by atoms with Gasteiger partial charge in [0.15, 0.2) is 12.3 Å². The second-order valence-corrected chi connectivity index (χ2v) is 20.9. The smallest absolute Gasteiger partial charge is 0.335 e. The van der Waals surface area contributed by atoms with Gasteiger partial charge in [-0.2, -0.15) is 5.48 Å². The first-order valence-corrected chi connectivity index (χ1v) is 17.6. The van der Waals surface area contributed by atoms with Crippen molar-refractivity contribution in [1.29, 1.82) is 0 Å². The molecule has 0 radical (unpaired) electrons. The van der Waals surface area contributed by atoms with Crippen LogP contribution >= 0.6 is 0 Å². The summed E-state index contributed by atoms with van der Waals surface area (Å²) in [5.74, 6) is 0. The molecule has 3 aliphatic heterocycles. The molecule has 5 atom stereocenters. The number of rotatable bonds is 6. The minimum absolute atomic E-state index is 0.140. The maximum atomic E-state index is 13.0. The summed E-state index contributed by atoms with van der Waals surface area (Å²) in [7, 11) is -5.74. The fourth-order valence-electron chi connectivity index (χ4n) is 6.39.